The van der Waals surface area contributed by atoms with Gasteiger partial charge in [-0.15, -0.1) is 0 Å². The molecule has 144 valence electrons. The van der Waals surface area contributed by atoms with Crippen LogP contribution in [-0.4, -0.2) is 33.3 Å². The van der Waals surface area contributed by atoms with Gasteiger partial charge in [0, 0.05) is 30.5 Å². The number of thiazole rings is 1. The van der Waals surface area contributed by atoms with E-state index in [4.69, 9.17) is 0 Å². The fourth-order valence-electron chi connectivity index (χ4n) is 3.17. The van der Waals surface area contributed by atoms with Crippen LogP contribution in [0.25, 0.3) is 16.2 Å². The fourth-order valence-corrected chi connectivity index (χ4v) is 4.25. The molecule has 0 saturated carbocycles. The van der Waals surface area contributed by atoms with E-state index in [0.29, 0.717) is 11.8 Å². The maximum Gasteiger partial charge on any atom is 0.265 e. The Labute approximate surface area is 163 Å². The predicted molar refractivity (Wildman–Crippen MR) is 109 cm³/mol. The van der Waals surface area contributed by atoms with Crippen LogP contribution in [-0.2, 0) is 0 Å². The van der Waals surface area contributed by atoms with Crippen molar-refractivity contribution in [2.45, 2.75) is 34.6 Å². The van der Waals surface area contributed by atoms with Gasteiger partial charge in [0.2, 0.25) is 0 Å². The normalized spacial score (nSPS) is 11.7. The number of imidazole rings is 1. The average Bonchev–Trinajstić information content (AvgIpc) is 3.13. The van der Waals surface area contributed by atoms with Crippen LogP contribution in [0.3, 0.4) is 0 Å². The highest BCUT2D eigenvalue weighted by Crippen LogP contribution is 2.28. The number of fused-ring (bicyclic) bond motifs is 1. The quantitative estimate of drug-likeness (QED) is 0.578. The van der Waals surface area contributed by atoms with Crippen LogP contribution in [0.2, 0.25) is 0 Å². The summed E-state index contributed by atoms with van der Waals surface area (Å²) in [4.78, 5) is 21.3. The molecule has 0 fully saturated rings. The molecule has 0 atom stereocenters. The highest BCUT2D eigenvalue weighted by atomic mass is 32.1. The lowest BCUT2D eigenvalue weighted by atomic mass is 10.1. The molecule has 3 rings (SSSR count). The third-order valence-electron chi connectivity index (χ3n) is 4.35. The van der Waals surface area contributed by atoms with E-state index in [9.17, 15) is 9.18 Å². The molecule has 2 aromatic heterocycles. The summed E-state index contributed by atoms with van der Waals surface area (Å²) in [5.74, 6) is 0.650. The fraction of sp³-hybridized carbons (Fsp3) is 0.429. The average molecular weight is 388 g/mol. The molecule has 0 bridgehead atoms. The van der Waals surface area contributed by atoms with Crippen molar-refractivity contribution in [1.29, 1.82) is 0 Å². The van der Waals surface area contributed by atoms with E-state index in [-0.39, 0.29) is 11.7 Å². The number of aryl methyl sites for hydroxylation is 1. The van der Waals surface area contributed by atoms with Crippen LogP contribution in [0.5, 0.6) is 0 Å². The van der Waals surface area contributed by atoms with E-state index < -0.39 is 0 Å². The second-order valence-electron chi connectivity index (χ2n) is 7.80. The topological polar surface area (TPSA) is 37.6 Å². The Hall–Kier alpha value is -2.21. The highest BCUT2D eigenvalue weighted by molar-refractivity contribution is 7.19. The zero-order valence-corrected chi connectivity index (χ0v) is 17.3. The molecule has 0 N–H and O–H groups in total. The summed E-state index contributed by atoms with van der Waals surface area (Å²) in [5, 5.41) is 0. The van der Waals surface area contributed by atoms with Crippen molar-refractivity contribution in [1.82, 2.24) is 14.3 Å². The van der Waals surface area contributed by atoms with Crippen LogP contribution >= 0.6 is 11.3 Å². The van der Waals surface area contributed by atoms with Gasteiger partial charge >= 0.3 is 0 Å². The number of benzene rings is 1. The molecule has 0 saturated heterocycles. The van der Waals surface area contributed by atoms with Crippen molar-refractivity contribution in [2.75, 3.05) is 13.1 Å². The first-order valence-electron chi connectivity index (χ1n) is 9.30. The Bertz CT molecular complexity index is 930. The molecule has 1 amide bonds. The first kappa shape index (κ1) is 19.5. The minimum absolute atomic E-state index is 0.0775. The van der Waals surface area contributed by atoms with Crippen molar-refractivity contribution in [3.63, 3.8) is 0 Å². The largest absolute Gasteiger partial charge is 0.337 e. The Balaban J connectivity index is 1.93. The van der Waals surface area contributed by atoms with Crippen LogP contribution < -0.4 is 0 Å². The molecule has 0 unspecified atom stereocenters. The lowest BCUT2D eigenvalue weighted by Crippen LogP contribution is -2.37. The maximum absolute atomic E-state index is 13.2. The molecule has 0 aliphatic rings. The van der Waals surface area contributed by atoms with Crippen LogP contribution in [0.1, 0.15) is 43.1 Å². The summed E-state index contributed by atoms with van der Waals surface area (Å²) in [5.41, 5.74) is 2.55. The summed E-state index contributed by atoms with van der Waals surface area (Å²) in [6.45, 7) is 12.0. The van der Waals surface area contributed by atoms with Gasteiger partial charge in [0.1, 0.15) is 10.7 Å². The molecule has 0 aliphatic carbocycles. The SMILES string of the molecule is Cc1c(C(=O)N(CC(C)C)CC(C)C)sc2nc(-c3ccc(F)cc3)cn12. The summed E-state index contributed by atoms with van der Waals surface area (Å²) >= 11 is 1.42. The molecule has 2 heterocycles. The standard InChI is InChI=1S/C21H26FN3OS/c1-13(2)10-24(11-14(3)4)20(26)19-15(5)25-12-18(23-21(25)27-19)16-6-8-17(22)9-7-16/h6-9,12-14H,10-11H2,1-5H3. The van der Waals surface area contributed by atoms with Gasteiger partial charge in [-0.3, -0.25) is 9.20 Å². The van der Waals surface area contributed by atoms with Crippen molar-refractivity contribution in [2.24, 2.45) is 11.8 Å². The number of aromatic nitrogens is 2. The lowest BCUT2D eigenvalue weighted by Gasteiger charge is -2.26. The third-order valence-corrected chi connectivity index (χ3v) is 5.49. The van der Waals surface area contributed by atoms with Crippen molar-refractivity contribution in [3.05, 3.63) is 46.9 Å². The monoisotopic (exact) mass is 387 g/mol. The first-order valence-corrected chi connectivity index (χ1v) is 10.1. The second kappa shape index (κ2) is 7.80. The Morgan fingerprint density at radius 1 is 1.15 bits per heavy atom. The molecule has 1 aromatic carbocycles. The number of carbonyl (C=O) groups excluding carboxylic acids is 1. The second-order valence-corrected chi connectivity index (χ2v) is 8.78. The van der Waals surface area contributed by atoms with Gasteiger partial charge in [-0.1, -0.05) is 39.0 Å². The number of hydrogen-bond acceptors (Lipinski definition) is 3. The van der Waals surface area contributed by atoms with Crippen molar-refractivity contribution < 1.29 is 9.18 Å². The van der Waals surface area contributed by atoms with Gasteiger partial charge in [0.25, 0.3) is 5.91 Å². The van der Waals surface area contributed by atoms with Gasteiger partial charge in [0.05, 0.1) is 5.69 Å². The minimum atomic E-state index is -0.265. The van der Waals surface area contributed by atoms with Gasteiger partial charge in [-0.05, 0) is 43.0 Å². The number of halogens is 1. The summed E-state index contributed by atoms with van der Waals surface area (Å²) < 4.78 is 15.1. The van der Waals surface area contributed by atoms with Crippen LogP contribution in [0, 0.1) is 24.6 Å². The Morgan fingerprint density at radius 3 is 2.26 bits per heavy atom. The molecule has 0 radical (unpaired) electrons. The van der Waals surface area contributed by atoms with Gasteiger partial charge in [0.15, 0.2) is 4.96 Å². The molecule has 0 aliphatic heterocycles. The number of rotatable bonds is 6. The smallest absolute Gasteiger partial charge is 0.265 e. The minimum Gasteiger partial charge on any atom is -0.337 e. The molecule has 3 aromatic rings. The van der Waals surface area contributed by atoms with Gasteiger partial charge < -0.3 is 4.90 Å². The van der Waals surface area contributed by atoms with E-state index in [1.807, 2.05) is 22.4 Å². The van der Waals surface area contributed by atoms with Crippen LogP contribution in [0.15, 0.2) is 30.5 Å². The Kier molecular flexibility index (Phi) is 5.65. The molecule has 0 spiro atoms. The molecule has 27 heavy (non-hydrogen) atoms. The molecule has 4 nitrogen and oxygen atoms in total. The third kappa shape index (κ3) is 4.21. The number of hydrogen-bond donors (Lipinski definition) is 0. The van der Waals surface area contributed by atoms with Crippen molar-refractivity contribution in [3.8, 4) is 11.3 Å². The first-order chi connectivity index (χ1) is 12.8. The number of nitrogens with zero attached hydrogens (tertiary/aromatic N) is 3. The lowest BCUT2D eigenvalue weighted by molar-refractivity contribution is 0.0719. The van der Waals surface area contributed by atoms with Crippen molar-refractivity contribution >= 4 is 22.2 Å². The van der Waals surface area contributed by atoms with E-state index in [0.717, 1.165) is 39.9 Å². The summed E-state index contributed by atoms with van der Waals surface area (Å²) in [6, 6.07) is 6.30. The highest BCUT2D eigenvalue weighted by Gasteiger charge is 2.24. The molecular weight excluding hydrogens is 361 g/mol. The molecule has 6 heteroatoms. The van der Waals surface area contributed by atoms with Gasteiger partial charge in [-0.25, -0.2) is 9.37 Å². The summed E-state index contributed by atoms with van der Waals surface area (Å²) in [6.07, 6.45) is 1.92. The van der Waals surface area contributed by atoms with E-state index in [2.05, 4.69) is 32.7 Å². The van der Waals surface area contributed by atoms with E-state index >= 15 is 0 Å². The zero-order chi connectivity index (χ0) is 19.7. The van der Waals surface area contributed by atoms with E-state index in [1.54, 1.807) is 12.1 Å². The molecular formula is C21H26FN3OS. The number of amides is 1. The van der Waals surface area contributed by atoms with Crippen LogP contribution in [0.4, 0.5) is 4.39 Å². The summed E-state index contributed by atoms with van der Waals surface area (Å²) in [7, 11) is 0. The zero-order valence-electron chi connectivity index (χ0n) is 16.5. The Morgan fingerprint density at radius 2 is 1.74 bits per heavy atom. The maximum atomic E-state index is 13.2. The van der Waals surface area contributed by atoms with Gasteiger partial charge in [-0.2, -0.15) is 0 Å². The number of carbonyl (C=O) groups is 1. The van der Waals surface area contributed by atoms with E-state index in [1.165, 1.54) is 23.5 Å². The predicted octanol–water partition coefficient (Wildman–Crippen LogP) is 5.26.